The summed E-state index contributed by atoms with van der Waals surface area (Å²) in [5.74, 6) is -0.512. The van der Waals surface area contributed by atoms with E-state index < -0.39 is 12.0 Å². The molecule has 1 aliphatic carbocycles. The molecule has 3 N–H and O–H groups in total. The largest absolute Gasteiger partial charge is 0.480 e. The van der Waals surface area contributed by atoms with E-state index in [9.17, 15) is 9.59 Å². The maximum Gasteiger partial charge on any atom is 0.326 e. The van der Waals surface area contributed by atoms with Gasteiger partial charge >= 0.3 is 12.0 Å². The number of carboxylic acid groups (broad SMARTS) is 1. The molecule has 0 aromatic heterocycles. The van der Waals surface area contributed by atoms with Gasteiger partial charge in [0.05, 0.1) is 0 Å². The summed E-state index contributed by atoms with van der Waals surface area (Å²) >= 11 is 0. The molecular formula is C11H20N2O3. The van der Waals surface area contributed by atoms with Crippen molar-refractivity contribution in [1.82, 2.24) is 10.6 Å². The minimum Gasteiger partial charge on any atom is -0.480 e. The van der Waals surface area contributed by atoms with Crippen molar-refractivity contribution in [3.8, 4) is 0 Å². The molecule has 0 spiro atoms. The van der Waals surface area contributed by atoms with Crippen molar-refractivity contribution >= 4 is 12.0 Å². The first-order valence-corrected chi connectivity index (χ1v) is 5.71. The van der Waals surface area contributed by atoms with Crippen LogP contribution in [0, 0.1) is 11.8 Å². The third kappa shape index (κ3) is 3.72. The SMILES string of the molecule is CC(C)C(C)NC(=O)NC(C(=O)O)C1CC1. The minimum absolute atomic E-state index is 0.0358. The van der Waals surface area contributed by atoms with Gasteiger partial charge in [0.2, 0.25) is 0 Å². The van der Waals surface area contributed by atoms with Gasteiger partial charge in [-0.05, 0) is 31.6 Å². The molecule has 16 heavy (non-hydrogen) atoms. The quantitative estimate of drug-likeness (QED) is 0.661. The van der Waals surface area contributed by atoms with Gasteiger partial charge in [0.1, 0.15) is 6.04 Å². The lowest BCUT2D eigenvalue weighted by molar-refractivity contribution is -0.139. The molecule has 0 aromatic carbocycles. The molecule has 2 amide bonds. The zero-order chi connectivity index (χ0) is 12.3. The van der Waals surface area contributed by atoms with Crippen molar-refractivity contribution in [1.29, 1.82) is 0 Å². The first kappa shape index (κ1) is 12.8. The van der Waals surface area contributed by atoms with Gasteiger partial charge in [0.25, 0.3) is 0 Å². The highest BCUT2D eigenvalue weighted by atomic mass is 16.4. The van der Waals surface area contributed by atoms with Crippen molar-refractivity contribution in [2.24, 2.45) is 11.8 Å². The highest BCUT2D eigenvalue weighted by Crippen LogP contribution is 2.32. The van der Waals surface area contributed by atoms with Gasteiger partial charge < -0.3 is 15.7 Å². The van der Waals surface area contributed by atoms with Crippen LogP contribution in [0.25, 0.3) is 0 Å². The fraction of sp³-hybridized carbons (Fsp3) is 0.818. The summed E-state index contributed by atoms with van der Waals surface area (Å²) in [6.07, 6.45) is 1.77. The van der Waals surface area contributed by atoms with Gasteiger partial charge in [-0.15, -0.1) is 0 Å². The van der Waals surface area contributed by atoms with Crippen LogP contribution in [-0.2, 0) is 4.79 Å². The monoisotopic (exact) mass is 228 g/mol. The Hall–Kier alpha value is -1.26. The van der Waals surface area contributed by atoms with E-state index in [4.69, 9.17) is 5.11 Å². The summed E-state index contributed by atoms with van der Waals surface area (Å²) in [7, 11) is 0. The molecule has 1 rings (SSSR count). The number of urea groups is 1. The fourth-order valence-corrected chi connectivity index (χ4v) is 1.37. The van der Waals surface area contributed by atoms with E-state index in [0.717, 1.165) is 12.8 Å². The lowest BCUT2D eigenvalue weighted by Crippen LogP contribution is -2.50. The molecule has 0 saturated heterocycles. The van der Waals surface area contributed by atoms with E-state index in [1.807, 2.05) is 20.8 Å². The number of nitrogens with one attached hydrogen (secondary N) is 2. The number of amides is 2. The molecular weight excluding hydrogens is 208 g/mol. The van der Waals surface area contributed by atoms with E-state index >= 15 is 0 Å². The number of rotatable bonds is 5. The number of carbonyl (C=O) groups excluding carboxylic acids is 1. The molecule has 1 fully saturated rings. The predicted molar refractivity (Wildman–Crippen MR) is 60.1 cm³/mol. The molecule has 0 aliphatic heterocycles. The Kier molecular flexibility index (Phi) is 4.15. The zero-order valence-corrected chi connectivity index (χ0v) is 9.99. The summed E-state index contributed by atoms with van der Waals surface area (Å²) in [6, 6.07) is -1.09. The molecule has 5 nitrogen and oxygen atoms in total. The predicted octanol–water partition coefficient (Wildman–Crippen LogP) is 1.19. The minimum atomic E-state index is -0.949. The summed E-state index contributed by atoms with van der Waals surface area (Å²) in [5, 5.41) is 14.2. The second kappa shape index (κ2) is 5.18. The average molecular weight is 228 g/mol. The molecule has 1 aliphatic rings. The second-order valence-electron chi connectivity index (χ2n) is 4.80. The maximum absolute atomic E-state index is 11.5. The molecule has 0 bridgehead atoms. The number of hydrogen-bond acceptors (Lipinski definition) is 2. The smallest absolute Gasteiger partial charge is 0.326 e. The second-order valence-corrected chi connectivity index (χ2v) is 4.80. The summed E-state index contributed by atoms with van der Waals surface area (Å²) in [5.41, 5.74) is 0. The van der Waals surface area contributed by atoms with Crippen LogP contribution in [0.1, 0.15) is 33.6 Å². The van der Waals surface area contributed by atoms with Crippen LogP contribution in [0.4, 0.5) is 4.79 Å². The third-order valence-corrected chi connectivity index (χ3v) is 3.00. The molecule has 2 unspecified atom stereocenters. The van der Waals surface area contributed by atoms with E-state index in [0.29, 0.717) is 5.92 Å². The van der Waals surface area contributed by atoms with Crippen LogP contribution >= 0.6 is 0 Å². The van der Waals surface area contributed by atoms with Crippen LogP contribution < -0.4 is 10.6 Å². The van der Waals surface area contributed by atoms with E-state index in [1.54, 1.807) is 0 Å². The fourth-order valence-electron chi connectivity index (χ4n) is 1.37. The van der Waals surface area contributed by atoms with E-state index in [1.165, 1.54) is 0 Å². The lowest BCUT2D eigenvalue weighted by atomic mass is 10.1. The Bertz CT molecular complexity index is 274. The van der Waals surface area contributed by atoms with Crippen LogP contribution in [0.3, 0.4) is 0 Å². The van der Waals surface area contributed by atoms with Crippen molar-refractivity contribution in [2.45, 2.75) is 45.7 Å². The van der Waals surface area contributed by atoms with Gasteiger partial charge in [0.15, 0.2) is 0 Å². The molecule has 0 aromatic rings. The van der Waals surface area contributed by atoms with Gasteiger partial charge in [-0.3, -0.25) is 0 Å². The summed E-state index contributed by atoms with van der Waals surface area (Å²) in [4.78, 5) is 22.4. The van der Waals surface area contributed by atoms with Gasteiger partial charge in [-0.25, -0.2) is 9.59 Å². The molecule has 0 heterocycles. The first-order chi connectivity index (χ1) is 7.41. The molecule has 5 heteroatoms. The van der Waals surface area contributed by atoms with Gasteiger partial charge in [-0.2, -0.15) is 0 Å². The molecule has 1 saturated carbocycles. The standard InChI is InChI=1S/C11H20N2O3/c1-6(2)7(3)12-11(16)13-9(10(14)15)8-4-5-8/h6-9H,4-5H2,1-3H3,(H,14,15)(H2,12,13,16). The summed E-state index contributed by atoms with van der Waals surface area (Å²) < 4.78 is 0. The number of hydrogen-bond donors (Lipinski definition) is 3. The highest BCUT2D eigenvalue weighted by molar-refractivity contribution is 5.83. The molecule has 92 valence electrons. The van der Waals surface area contributed by atoms with Crippen molar-refractivity contribution in [2.75, 3.05) is 0 Å². The normalized spacial score (nSPS) is 19.0. The number of aliphatic carboxylic acids is 1. The van der Waals surface area contributed by atoms with Crippen LogP contribution in [0.2, 0.25) is 0 Å². The van der Waals surface area contributed by atoms with Crippen LogP contribution in [0.15, 0.2) is 0 Å². The average Bonchev–Trinajstić information content (AvgIpc) is 2.96. The third-order valence-electron chi connectivity index (χ3n) is 3.00. The number of carbonyl (C=O) groups is 2. The van der Waals surface area contributed by atoms with E-state index in [2.05, 4.69) is 10.6 Å². The Morgan fingerprint density at radius 3 is 2.12 bits per heavy atom. The first-order valence-electron chi connectivity index (χ1n) is 5.71. The Balaban J connectivity index is 2.39. The maximum atomic E-state index is 11.5. The lowest BCUT2D eigenvalue weighted by Gasteiger charge is -2.20. The Morgan fingerprint density at radius 1 is 1.19 bits per heavy atom. The van der Waals surface area contributed by atoms with Crippen LogP contribution in [0.5, 0.6) is 0 Å². The zero-order valence-electron chi connectivity index (χ0n) is 9.99. The Morgan fingerprint density at radius 2 is 1.75 bits per heavy atom. The van der Waals surface area contributed by atoms with Gasteiger partial charge in [-0.1, -0.05) is 13.8 Å². The van der Waals surface area contributed by atoms with E-state index in [-0.39, 0.29) is 18.0 Å². The van der Waals surface area contributed by atoms with Crippen LogP contribution in [-0.4, -0.2) is 29.2 Å². The van der Waals surface area contributed by atoms with Gasteiger partial charge in [0, 0.05) is 6.04 Å². The molecule has 0 radical (unpaired) electrons. The van der Waals surface area contributed by atoms with Crippen molar-refractivity contribution < 1.29 is 14.7 Å². The molecule has 2 atom stereocenters. The number of carboxylic acids is 1. The Labute approximate surface area is 95.6 Å². The van der Waals surface area contributed by atoms with Crippen molar-refractivity contribution in [3.05, 3.63) is 0 Å². The summed E-state index contributed by atoms with van der Waals surface area (Å²) in [6.45, 7) is 5.90. The highest BCUT2D eigenvalue weighted by Gasteiger charge is 2.37. The van der Waals surface area contributed by atoms with Crippen molar-refractivity contribution in [3.63, 3.8) is 0 Å². The topological polar surface area (TPSA) is 78.4 Å².